The number of hydrogen-bond acceptors (Lipinski definition) is 4. The lowest BCUT2D eigenvalue weighted by atomic mass is 9.70. The number of piperidine rings is 3. The van der Waals surface area contributed by atoms with E-state index in [2.05, 4.69) is 27.7 Å². The summed E-state index contributed by atoms with van der Waals surface area (Å²) in [5.41, 5.74) is 1.32. The number of nitrogens with zero attached hydrogens (tertiary/aromatic N) is 4. The topological polar surface area (TPSA) is 39.7 Å². The highest BCUT2D eigenvalue weighted by atomic mass is 16.2. The van der Waals surface area contributed by atoms with Crippen LogP contribution >= 0.6 is 0 Å². The van der Waals surface area contributed by atoms with E-state index in [0.717, 1.165) is 56.3 Å². The minimum Gasteiger partial charge on any atom is -0.357 e. The number of hydrogen-bond donors (Lipinski definition) is 0. The maximum atomic E-state index is 13.0. The SMILES string of the molecule is CCC1CCCCN1C(=O)c1ccc(N2CCC3(CC2)CCN(C2CCC2)CC3)nc1. The fourth-order valence-corrected chi connectivity index (χ4v) is 6.38. The van der Waals surface area contributed by atoms with Crippen LogP contribution in [0.25, 0.3) is 0 Å². The van der Waals surface area contributed by atoms with Gasteiger partial charge in [-0.1, -0.05) is 13.3 Å². The molecule has 31 heavy (non-hydrogen) atoms. The highest BCUT2D eigenvalue weighted by molar-refractivity contribution is 5.94. The van der Waals surface area contributed by atoms with Gasteiger partial charge in [0.05, 0.1) is 5.56 Å². The van der Waals surface area contributed by atoms with Gasteiger partial charge in [-0.2, -0.15) is 0 Å². The van der Waals surface area contributed by atoms with Crippen LogP contribution in [-0.2, 0) is 0 Å². The summed E-state index contributed by atoms with van der Waals surface area (Å²) in [4.78, 5) is 25.0. The molecule has 4 aliphatic rings. The number of rotatable bonds is 4. The van der Waals surface area contributed by atoms with E-state index in [1.54, 1.807) is 0 Å². The maximum Gasteiger partial charge on any atom is 0.255 e. The molecule has 1 atom stereocenters. The molecule has 5 rings (SSSR count). The first-order valence-corrected chi connectivity index (χ1v) is 12.9. The molecule has 0 radical (unpaired) electrons. The number of anilines is 1. The van der Waals surface area contributed by atoms with Crippen LogP contribution in [-0.4, -0.2) is 65.5 Å². The maximum absolute atomic E-state index is 13.0. The van der Waals surface area contributed by atoms with Gasteiger partial charge >= 0.3 is 0 Å². The summed E-state index contributed by atoms with van der Waals surface area (Å²) < 4.78 is 0. The Kier molecular flexibility index (Phi) is 6.23. The molecule has 1 amide bonds. The largest absolute Gasteiger partial charge is 0.357 e. The first-order chi connectivity index (χ1) is 15.2. The molecule has 0 aromatic carbocycles. The Balaban J connectivity index is 1.15. The molecule has 3 saturated heterocycles. The molecule has 1 aromatic heterocycles. The second-order valence-corrected chi connectivity index (χ2v) is 10.6. The van der Waals surface area contributed by atoms with E-state index in [9.17, 15) is 4.79 Å². The fourth-order valence-electron chi connectivity index (χ4n) is 6.38. The molecule has 4 fully saturated rings. The molecular weight excluding hydrogens is 384 g/mol. The standard InChI is InChI=1S/C26H40N4O/c1-2-22-6-3-4-15-30(22)25(31)21-9-10-24(27-20-21)29-18-13-26(14-19-29)11-16-28(17-12-26)23-7-5-8-23/h9-10,20,22-23H,2-8,11-19H2,1H3. The fraction of sp³-hybridized carbons (Fsp3) is 0.769. The van der Waals surface area contributed by atoms with Crippen LogP contribution in [0, 0.1) is 5.41 Å². The van der Waals surface area contributed by atoms with Gasteiger partial charge in [0, 0.05) is 37.9 Å². The molecule has 1 spiro atoms. The first-order valence-electron chi connectivity index (χ1n) is 12.9. The Morgan fingerprint density at radius 2 is 1.71 bits per heavy atom. The highest BCUT2D eigenvalue weighted by Crippen LogP contribution is 2.43. The Hall–Kier alpha value is -1.62. The molecule has 3 aliphatic heterocycles. The van der Waals surface area contributed by atoms with Gasteiger partial charge in [0.1, 0.15) is 5.82 Å². The van der Waals surface area contributed by atoms with Crippen molar-refractivity contribution in [1.82, 2.24) is 14.8 Å². The van der Waals surface area contributed by atoms with Crippen molar-refractivity contribution >= 4 is 11.7 Å². The molecule has 4 heterocycles. The Morgan fingerprint density at radius 1 is 0.968 bits per heavy atom. The van der Waals surface area contributed by atoms with Gasteiger partial charge in [-0.05, 0) is 94.8 Å². The van der Waals surface area contributed by atoms with E-state index in [1.807, 2.05) is 12.3 Å². The third-order valence-corrected chi connectivity index (χ3v) is 8.95. The lowest BCUT2D eigenvalue weighted by molar-refractivity contribution is 0.0305. The Labute approximate surface area is 188 Å². The molecule has 1 aromatic rings. The lowest BCUT2D eigenvalue weighted by Gasteiger charge is -2.50. The molecule has 1 aliphatic carbocycles. The predicted octanol–water partition coefficient (Wildman–Crippen LogP) is 4.72. The quantitative estimate of drug-likeness (QED) is 0.701. The van der Waals surface area contributed by atoms with Gasteiger partial charge in [-0.15, -0.1) is 0 Å². The van der Waals surface area contributed by atoms with Gasteiger partial charge in [0.2, 0.25) is 0 Å². The molecular formula is C26H40N4O. The van der Waals surface area contributed by atoms with Crippen molar-refractivity contribution in [1.29, 1.82) is 0 Å². The predicted molar refractivity (Wildman–Crippen MR) is 126 cm³/mol. The van der Waals surface area contributed by atoms with Crippen LogP contribution in [0.1, 0.15) is 87.9 Å². The molecule has 170 valence electrons. The van der Waals surface area contributed by atoms with Gasteiger partial charge in [-0.25, -0.2) is 4.98 Å². The summed E-state index contributed by atoms with van der Waals surface area (Å²) >= 11 is 0. The zero-order valence-electron chi connectivity index (χ0n) is 19.4. The van der Waals surface area contributed by atoms with Crippen molar-refractivity contribution in [2.45, 2.75) is 89.6 Å². The minimum absolute atomic E-state index is 0.168. The van der Waals surface area contributed by atoms with Gasteiger partial charge in [0.15, 0.2) is 0 Å². The molecule has 1 saturated carbocycles. The zero-order chi connectivity index (χ0) is 21.3. The van der Waals surface area contributed by atoms with Crippen LogP contribution in [0.5, 0.6) is 0 Å². The third-order valence-electron chi connectivity index (χ3n) is 8.95. The van der Waals surface area contributed by atoms with E-state index in [4.69, 9.17) is 4.98 Å². The van der Waals surface area contributed by atoms with E-state index in [-0.39, 0.29) is 5.91 Å². The summed E-state index contributed by atoms with van der Waals surface area (Å²) in [6, 6.07) is 5.39. The summed E-state index contributed by atoms with van der Waals surface area (Å²) in [6.07, 6.45) is 16.0. The average Bonchev–Trinajstić information content (AvgIpc) is 2.80. The van der Waals surface area contributed by atoms with Gasteiger partial charge < -0.3 is 14.7 Å². The molecule has 0 N–H and O–H groups in total. The second-order valence-electron chi connectivity index (χ2n) is 10.6. The monoisotopic (exact) mass is 424 g/mol. The minimum atomic E-state index is 0.168. The van der Waals surface area contributed by atoms with Crippen LogP contribution in [0.2, 0.25) is 0 Å². The van der Waals surface area contributed by atoms with E-state index in [0.29, 0.717) is 11.5 Å². The van der Waals surface area contributed by atoms with Crippen molar-refractivity contribution in [3.63, 3.8) is 0 Å². The number of amides is 1. The van der Waals surface area contributed by atoms with Gasteiger partial charge in [-0.3, -0.25) is 4.79 Å². The number of pyridine rings is 1. The van der Waals surface area contributed by atoms with E-state index in [1.165, 1.54) is 64.5 Å². The first kappa shape index (κ1) is 21.2. The van der Waals surface area contributed by atoms with E-state index < -0.39 is 0 Å². The number of carbonyl (C=O) groups excluding carboxylic acids is 1. The van der Waals surface area contributed by atoms with Crippen LogP contribution in [0.4, 0.5) is 5.82 Å². The second kappa shape index (κ2) is 9.09. The van der Waals surface area contributed by atoms with E-state index >= 15 is 0 Å². The van der Waals surface area contributed by atoms with Crippen LogP contribution in [0.3, 0.4) is 0 Å². The van der Waals surface area contributed by atoms with Crippen molar-refractivity contribution in [3.8, 4) is 0 Å². The highest BCUT2D eigenvalue weighted by Gasteiger charge is 2.40. The molecule has 5 heteroatoms. The average molecular weight is 425 g/mol. The van der Waals surface area contributed by atoms with Crippen molar-refractivity contribution in [3.05, 3.63) is 23.9 Å². The summed E-state index contributed by atoms with van der Waals surface area (Å²) in [7, 11) is 0. The summed E-state index contributed by atoms with van der Waals surface area (Å²) in [5.74, 6) is 1.21. The van der Waals surface area contributed by atoms with Gasteiger partial charge in [0.25, 0.3) is 5.91 Å². The molecule has 5 nitrogen and oxygen atoms in total. The van der Waals surface area contributed by atoms with Crippen LogP contribution < -0.4 is 4.90 Å². The number of aromatic nitrogens is 1. The third kappa shape index (κ3) is 4.35. The summed E-state index contributed by atoms with van der Waals surface area (Å²) in [6.45, 7) is 7.93. The number of carbonyl (C=O) groups is 1. The Bertz CT molecular complexity index is 741. The van der Waals surface area contributed by atoms with Crippen molar-refractivity contribution < 1.29 is 4.79 Å². The zero-order valence-corrected chi connectivity index (χ0v) is 19.4. The Morgan fingerprint density at radius 3 is 2.32 bits per heavy atom. The number of likely N-dealkylation sites (tertiary alicyclic amines) is 2. The molecule has 1 unspecified atom stereocenters. The van der Waals surface area contributed by atoms with Crippen molar-refractivity contribution in [2.75, 3.05) is 37.6 Å². The smallest absolute Gasteiger partial charge is 0.255 e. The lowest BCUT2D eigenvalue weighted by Crippen LogP contribution is -2.51. The van der Waals surface area contributed by atoms with Crippen LogP contribution in [0.15, 0.2) is 18.3 Å². The summed E-state index contributed by atoms with van der Waals surface area (Å²) in [5, 5.41) is 0. The normalized spacial score (nSPS) is 27.3. The van der Waals surface area contributed by atoms with Crippen molar-refractivity contribution in [2.24, 2.45) is 5.41 Å². The molecule has 0 bridgehead atoms.